The number of aliphatic hydroxyl groups excluding tert-OH is 1. The van der Waals surface area contributed by atoms with Gasteiger partial charge in [0.2, 0.25) is 0 Å². The fourth-order valence-electron chi connectivity index (χ4n) is 1.26. The van der Waals surface area contributed by atoms with E-state index in [1.54, 1.807) is 25.3 Å². The van der Waals surface area contributed by atoms with Crippen LogP contribution in [-0.4, -0.2) is 31.0 Å². The molecule has 4 heteroatoms. The van der Waals surface area contributed by atoms with Crippen LogP contribution < -0.4 is 9.47 Å². The molecular formula is C11H16O4. The quantitative estimate of drug-likeness (QED) is 0.778. The fraction of sp³-hybridized carbons (Fsp3) is 0.455. The minimum absolute atomic E-state index is 0.345. The van der Waals surface area contributed by atoms with Crippen molar-refractivity contribution in [3.63, 3.8) is 0 Å². The summed E-state index contributed by atoms with van der Waals surface area (Å²) >= 11 is 0. The molecule has 84 valence electrons. The van der Waals surface area contributed by atoms with Crippen LogP contribution in [0.4, 0.5) is 0 Å². The van der Waals surface area contributed by atoms with Crippen molar-refractivity contribution in [3.8, 4) is 11.5 Å². The summed E-state index contributed by atoms with van der Waals surface area (Å²) in [5, 5.41) is 18.8. The van der Waals surface area contributed by atoms with Crippen LogP contribution in [0.25, 0.3) is 0 Å². The van der Waals surface area contributed by atoms with E-state index in [4.69, 9.17) is 14.6 Å². The topological polar surface area (TPSA) is 58.9 Å². The van der Waals surface area contributed by atoms with Crippen LogP contribution in [0.2, 0.25) is 0 Å². The third-order valence-electron chi connectivity index (χ3n) is 2.31. The number of rotatable bonds is 4. The van der Waals surface area contributed by atoms with Crippen LogP contribution in [0.5, 0.6) is 11.5 Å². The molecule has 0 saturated heterocycles. The van der Waals surface area contributed by atoms with E-state index in [0.717, 1.165) is 0 Å². The molecule has 1 aromatic carbocycles. The van der Waals surface area contributed by atoms with Gasteiger partial charge in [-0.3, -0.25) is 0 Å². The highest BCUT2D eigenvalue weighted by atomic mass is 16.5. The zero-order chi connectivity index (χ0) is 11.5. The molecule has 0 spiro atoms. The zero-order valence-corrected chi connectivity index (χ0v) is 9.15. The Labute approximate surface area is 89.1 Å². The van der Waals surface area contributed by atoms with E-state index in [0.29, 0.717) is 17.1 Å². The smallest absolute Gasteiger partial charge is 0.161 e. The van der Waals surface area contributed by atoms with Gasteiger partial charge in [-0.15, -0.1) is 0 Å². The first kappa shape index (κ1) is 11.8. The van der Waals surface area contributed by atoms with Crippen LogP contribution >= 0.6 is 0 Å². The summed E-state index contributed by atoms with van der Waals surface area (Å²) in [7, 11) is 3.07. The van der Waals surface area contributed by atoms with Gasteiger partial charge < -0.3 is 19.7 Å². The summed E-state index contributed by atoms with van der Waals surface area (Å²) in [4.78, 5) is 0. The largest absolute Gasteiger partial charge is 0.493 e. The second-order valence-electron chi connectivity index (χ2n) is 3.50. The molecule has 1 atom stereocenters. The average Bonchev–Trinajstić information content (AvgIpc) is 2.28. The van der Waals surface area contributed by atoms with Crippen LogP contribution in [0.1, 0.15) is 12.5 Å². The predicted molar refractivity (Wildman–Crippen MR) is 56.2 cm³/mol. The van der Waals surface area contributed by atoms with Crippen LogP contribution in [-0.2, 0) is 5.60 Å². The fourth-order valence-corrected chi connectivity index (χ4v) is 1.26. The summed E-state index contributed by atoms with van der Waals surface area (Å²) in [5.41, 5.74) is -0.679. The van der Waals surface area contributed by atoms with Gasteiger partial charge in [0.25, 0.3) is 0 Å². The second-order valence-corrected chi connectivity index (χ2v) is 3.50. The Kier molecular flexibility index (Phi) is 3.55. The lowest BCUT2D eigenvalue weighted by Gasteiger charge is -2.21. The summed E-state index contributed by atoms with van der Waals surface area (Å²) in [5.74, 6) is 1.12. The third kappa shape index (κ3) is 2.40. The van der Waals surface area contributed by atoms with Crippen molar-refractivity contribution in [1.29, 1.82) is 0 Å². The summed E-state index contributed by atoms with van der Waals surface area (Å²) in [6.45, 7) is 1.19. The van der Waals surface area contributed by atoms with E-state index in [2.05, 4.69) is 0 Å². The molecule has 1 aromatic rings. The van der Waals surface area contributed by atoms with Crippen molar-refractivity contribution in [2.24, 2.45) is 0 Å². The molecule has 0 saturated carbocycles. The van der Waals surface area contributed by atoms with Gasteiger partial charge in [0.15, 0.2) is 11.5 Å². The summed E-state index contributed by atoms with van der Waals surface area (Å²) < 4.78 is 10.2. The SMILES string of the molecule is COc1ccc(C(C)(O)CO)cc1OC. The standard InChI is InChI=1S/C11H16O4/c1-11(13,7-12)8-4-5-9(14-2)10(6-8)15-3/h4-6,12-13H,7H2,1-3H3. The predicted octanol–water partition coefficient (Wildman–Crippen LogP) is 0.904. The first-order valence-electron chi connectivity index (χ1n) is 4.61. The first-order chi connectivity index (χ1) is 7.05. The number of benzene rings is 1. The molecule has 0 aliphatic carbocycles. The monoisotopic (exact) mass is 212 g/mol. The van der Waals surface area contributed by atoms with E-state index in [9.17, 15) is 5.11 Å². The maximum Gasteiger partial charge on any atom is 0.161 e. The highest BCUT2D eigenvalue weighted by Crippen LogP contribution is 2.31. The molecule has 0 fully saturated rings. The van der Waals surface area contributed by atoms with Crippen molar-refractivity contribution in [1.82, 2.24) is 0 Å². The molecule has 2 N–H and O–H groups in total. The molecule has 1 unspecified atom stereocenters. The average molecular weight is 212 g/mol. The number of aliphatic hydroxyl groups is 2. The van der Waals surface area contributed by atoms with Gasteiger partial charge in [0.05, 0.1) is 20.8 Å². The van der Waals surface area contributed by atoms with Gasteiger partial charge in [0, 0.05) is 0 Å². The highest BCUT2D eigenvalue weighted by Gasteiger charge is 2.23. The molecule has 0 amide bonds. The normalized spacial score (nSPS) is 14.5. The van der Waals surface area contributed by atoms with Crippen molar-refractivity contribution in [2.75, 3.05) is 20.8 Å². The van der Waals surface area contributed by atoms with E-state index in [1.165, 1.54) is 14.0 Å². The van der Waals surface area contributed by atoms with Crippen molar-refractivity contribution in [3.05, 3.63) is 23.8 Å². The molecule has 4 nitrogen and oxygen atoms in total. The molecule has 0 heterocycles. The van der Waals surface area contributed by atoms with Gasteiger partial charge in [-0.1, -0.05) is 6.07 Å². The van der Waals surface area contributed by atoms with Gasteiger partial charge in [-0.2, -0.15) is 0 Å². The van der Waals surface area contributed by atoms with Gasteiger partial charge in [0.1, 0.15) is 5.60 Å². The first-order valence-corrected chi connectivity index (χ1v) is 4.61. The molecule has 0 aliphatic rings. The third-order valence-corrected chi connectivity index (χ3v) is 2.31. The van der Waals surface area contributed by atoms with Crippen LogP contribution in [0.15, 0.2) is 18.2 Å². The molecule has 0 aliphatic heterocycles. The lowest BCUT2D eigenvalue weighted by molar-refractivity contribution is -0.00246. The maximum absolute atomic E-state index is 9.83. The Morgan fingerprint density at radius 3 is 2.27 bits per heavy atom. The lowest BCUT2D eigenvalue weighted by atomic mass is 9.97. The number of methoxy groups -OCH3 is 2. The highest BCUT2D eigenvalue weighted by molar-refractivity contribution is 5.44. The Hall–Kier alpha value is -1.26. The van der Waals surface area contributed by atoms with Gasteiger partial charge >= 0.3 is 0 Å². The maximum atomic E-state index is 9.83. The van der Waals surface area contributed by atoms with E-state index in [1.807, 2.05) is 0 Å². The minimum atomic E-state index is -1.26. The Morgan fingerprint density at radius 2 is 1.80 bits per heavy atom. The van der Waals surface area contributed by atoms with Crippen molar-refractivity contribution >= 4 is 0 Å². The van der Waals surface area contributed by atoms with Crippen LogP contribution in [0, 0.1) is 0 Å². The molecule has 1 rings (SSSR count). The number of ether oxygens (including phenoxy) is 2. The Balaban J connectivity index is 3.13. The van der Waals surface area contributed by atoms with E-state index >= 15 is 0 Å². The van der Waals surface area contributed by atoms with Crippen molar-refractivity contribution < 1.29 is 19.7 Å². The molecule has 0 aromatic heterocycles. The summed E-state index contributed by atoms with van der Waals surface area (Å²) in [6.07, 6.45) is 0. The molecule has 0 bridgehead atoms. The lowest BCUT2D eigenvalue weighted by Crippen LogP contribution is -2.25. The Morgan fingerprint density at radius 1 is 1.20 bits per heavy atom. The van der Waals surface area contributed by atoms with Gasteiger partial charge in [-0.25, -0.2) is 0 Å². The van der Waals surface area contributed by atoms with Crippen LogP contribution in [0.3, 0.4) is 0 Å². The minimum Gasteiger partial charge on any atom is -0.493 e. The number of hydrogen-bond acceptors (Lipinski definition) is 4. The molecular weight excluding hydrogens is 196 g/mol. The zero-order valence-electron chi connectivity index (χ0n) is 9.15. The molecule has 0 radical (unpaired) electrons. The molecule has 15 heavy (non-hydrogen) atoms. The van der Waals surface area contributed by atoms with Crippen molar-refractivity contribution in [2.45, 2.75) is 12.5 Å². The Bertz CT molecular complexity index is 333. The van der Waals surface area contributed by atoms with E-state index in [-0.39, 0.29) is 6.61 Å². The van der Waals surface area contributed by atoms with E-state index < -0.39 is 5.60 Å². The van der Waals surface area contributed by atoms with Gasteiger partial charge in [-0.05, 0) is 24.6 Å². The second kappa shape index (κ2) is 4.51. The summed E-state index contributed by atoms with van der Waals surface area (Å²) in [6, 6.07) is 5.03. The number of hydrogen-bond donors (Lipinski definition) is 2.